The summed E-state index contributed by atoms with van der Waals surface area (Å²) in [5, 5.41) is 15.0. The van der Waals surface area contributed by atoms with Crippen LogP contribution in [0, 0.1) is 13.8 Å². The summed E-state index contributed by atoms with van der Waals surface area (Å²) in [6.45, 7) is 4.15. The minimum absolute atomic E-state index is 0.140. The molecular formula is C27H26BrN5O3S. The number of nitrogens with zero attached hydrogens (tertiary/aromatic N) is 3. The van der Waals surface area contributed by atoms with E-state index in [9.17, 15) is 9.59 Å². The highest BCUT2D eigenvalue weighted by atomic mass is 79.9. The van der Waals surface area contributed by atoms with E-state index in [0.717, 1.165) is 27.0 Å². The number of amides is 2. The van der Waals surface area contributed by atoms with E-state index in [2.05, 4.69) is 36.8 Å². The van der Waals surface area contributed by atoms with Crippen LogP contribution in [0.3, 0.4) is 0 Å². The fourth-order valence-electron chi connectivity index (χ4n) is 3.56. The van der Waals surface area contributed by atoms with Gasteiger partial charge in [0.05, 0.1) is 19.4 Å². The number of carbonyl (C=O) groups excluding carboxylic acids is 2. The van der Waals surface area contributed by atoms with Gasteiger partial charge >= 0.3 is 0 Å². The molecule has 4 aromatic rings. The molecule has 0 saturated heterocycles. The second-order valence-corrected chi connectivity index (χ2v) is 10.1. The van der Waals surface area contributed by atoms with Crippen molar-refractivity contribution in [3.05, 3.63) is 93.7 Å². The van der Waals surface area contributed by atoms with E-state index in [0.29, 0.717) is 22.3 Å². The molecule has 0 aliphatic carbocycles. The molecular weight excluding hydrogens is 554 g/mol. The Bertz CT molecular complexity index is 1400. The lowest BCUT2D eigenvalue weighted by molar-refractivity contribution is -0.113. The molecule has 0 aliphatic rings. The van der Waals surface area contributed by atoms with Crippen molar-refractivity contribution in [3.8, 4) is 11.4 Å². The summed E-state index contributed by atoms with van der Waals surface area (Å²) in [7, 11) is 1.58. The Morgan fingerprint density at radius 2 is 1.73 bits per heavy atom. The number of hydrogen-bond donors (Lipinski definition) is 2. The highest BCUT2D eigenvalue weighted by molar-refractivity contribution is 9.10. The zero-order valence-corrected chi connectivity index (χ0v) is 23.0. The third-order valence-electron chi connectivity index (χ3n) is 5.76. The Morgan fingerprint density at radius 3 is 2.43 bits per heavy atom. The molecule has 1 heterocycles. The summed E-state index contributed by atoms with van der Waals surface area (Å²) in [5.41, 5.74) is 4.27. The lowest BCUT2D eigenvalue weighted by Crippen LogP contribution is -2.24. The van der Waals surface area contributed by atoms with Crippen LogP contribution >= 0.6 is 27.7 Å². The summed E-state index contributed by atoms with van der Waals surface area (Å²) in [4.78, 5) is 25.4. The summed E-state index contributed by atoms with van der Waals surface area (Å²) in [5.74, 6) is 0.991. The first-order valence-electron chi connectivity index (χ1n) is 11.5. The van der Waals surface area contributed by atoms with E-state index in [4.69, 9.17) is 4.74 Å². The molecule has 0 radical (unpaired) electrons. The molecule has 37 heavy (non-hydrogen) atoms. The van der Waals surface area contributed by atoms with Crippen molar-refractivity contribution in [1.29, 1.82) is 0 Å². The number of thioether (sulfide) groups is 1. The number of hydrogen-bond acceptors (Lipinski definition) is 6. The van der Waals surface area contributed by atoms with Gasteiger partial charge in [-0.1, -0.05) is 39.8 Å². The maximum Gasteiger partial charge on any atom is 0.251 e. The van der Waals surface area contributed by atoms with E-state index < -0.39 is 0 Å². The Balaban J connectivity index is 1.49. The van der Waals surface area contributed by atoms with Crippen molar-refractivity contribution >= 4 is 45.2 Å². The number of aromatic nitrogens is 3. The molecule has 0 atom stereocenters. The van der Waals surface area contributed by atoms with Crippen LogP contribution in [0.5, 0.6) is 5.75 Å². The van der Waals surface area contributed by atoms with Crippen molar-refractivity contribution in [1.82, 2.24) is 20.1 Å². The van der Waals surface area contributed by atoms with Gasteiger partial charge in [-0.05, 0) is 79.6 Å². The maximum atomic E-state index is 12.7. The molecule has 10 heteroatoms. The van der Waals surface area contributed by atoms with Crippen molar-refractivity contribution in [2.24, 2.45) is 0 Å². The molecule has 0 unspecified atom stereocenters. The van der Waals surface area contributed by atoms with Crippen LogP contribution in [0.2, 0.25) is 0 Å². The van der Waals surface area contributed by atoms with Gasteiger partial charge < -0.3 is 15.4 Å². The number of anilines is 1. The molecule has 8 nitrogen and oxygen atoms in total. The lowest BCUT2D eigenvalue weighted by atomic mass is 10.1. The van der Waals surface area contributed by atoms with Gasteiger partial charge in [0.1, 0.15) is 5.75 Å². The van der Waals surface area contributed by atoms with Gasteiger partial charge in [-0.15, -0.1) is 10.2 Å². The smallest absolute Gasteiger partial charge is 0.251 e. The Morgan fingerprint density at radius 1 is 1.00 bits per heavy atom. The van der Waals surface area contributed by atoms with Crippen LogP contribution in [0.1, 0.15) is 27.3 Å². The molecule has 0 aliphatic heterocycles. The van der Waals surface area contributed by atoms with Crippen molar-refractivity contribution < 1.29 is 14.3 Å². The normalized spacial score (nSPS) is 10.7. The number of aryl methyl sites for hydroxylation is 1. The van der Waals surface area contributed by atoms with Crippen LogP contribution in [0.4, 0.5) is 5.69 Å². The van der Waals surface area contributed by atoms with Gasteiger partial charge in [0, 0.05) is 21.4 Å². The largest absolute Gasteiger partial charge is 0.497 e. The molecule has 0 bridgehead atoms. The number of carbonyl (C=O) groups is 2. The second-order valence-electron chi connectivity index (χ2n) is 8.21. The molecule has 190 valence electrons. The number of halogens is 1. The van der Waals surface area contributed by atoms with Crippen molar-refractivity contribution in [2.75, 3.05) is 18.2 Å². The van der Waals surface area contributed by atoms with Gasteiger partial charge in [-0.25, -0.2) is 0 Å². The first-order valence-corrected chi connectivity index (χ1v) is 13.2. The third-order valence-corrected chi connectivity index (χ3v) is 7.21. The topological polar surface area (TPSA) is 98.1 Å². The monoisotopic (exact) mass is 579 g/mol. The third kappa shape index (κ3) is 6.58. The average molecular weight is 581 g/mol. The summed E-state index contributed by atoms with van der Waals surface area (Å²) in [6, 6.07) is 20.3. The molecule has 3 aromatic carbocycles. The van der Waals surface area contributed by atoms with E-state index in [1.54, 1.807) is 31.4 Å². The van der Waals surface area contributed by atoms with Gasteiger partial charge in [-0.3, -0.25) is 14.2 Å². The Hall–Kier alpha value is -3.63. The van der Waals surface area contributed by atoms with Crippen LogP contribution in [0.25, 0.3) is 5.69 Å². The van der Waals surface area contributed by atoms with E-state index in [1.807, 2.05) is 60.9 Å². The fraction of sp³-hybridized carbons (Fsp3) is 0.185. The van der Waals surface area contributed by atoms with Gasteiger partial charge in [0.15, 0.2) is 11.0 Å². The predicted octanol–water partition coefficient (Wildman–Crippen LogP) is 5.32. The quantitative estimate of drug-likeness (QED) is 0.260. The minimum atomic E-state index is -0.241. The maximum absolute atomic E-state index is 12.7. The van der Waals surface area contributed by atoms with Gasteiger partial charge in [0.25, 0.3) is 5.91 Å². The lowest BCUT2D eigenvalue weighted by Gasteiger charge is -2.12. The number of benzene rings is 3. The predicted molar refractivity (Wildman–Crippen MR) is 148 cm³/mol. The molecule has 4 rings (SSSR count). The standard InChI is InChI=1S/C27H26BrN5O3S/c1-17-5-4-6-23(18(17)2)30-25(34)16-37-27-32-31-24(33(27)21-11-9-20(28)10-12-21)15-29-26(35)19-7-13-22(36-3)14-8-19/h4-14H,15-16H2,1-3H3,(H,29,35)(H,30,34). The summed E-state index contributed by atoms with van der Waals surface area (Å²) in [6.07, 6.45) is 0. The zero-order valence-electron chi connectivity index (χ0n) is 20.6. The molecule has 2 N–H and O–H groups in total. The Kier molecular flexibility index (Phi) is 8.62. The zero-order chi connectivity index (χ0) is 26.4. The van der Waals surface area contributed by atoms with Crippen LogP contribution in [-0.2, 0) is 11.3 Å². The number of ether oxygens (including phenoxy) is 1. The molecule has 0 spiro atoms. The van der Waals surface area contributed by atoms with Gasteiger partial charge in [-0.2, -0.15) is 0 Å². The summed E-state index contributed by atoms with van der Waals surface area (Å²) >= 11 is 4.74. The summed E-state index contributed by atoms with van der Waals surface area (Å²) < 4.78 is 7.93. The van der Waals surface area contributed by atoms with E-state index >= 15 is 0 Å². The molecule has 1 aromatic heterocycles. The second kappa shape index (κ2) is 12.1. The highest BCUT2D eigenvalue weighted by Crippen LogP contribution is 2.25. The molecule has 0 fully saturated rings. The highest BCUT2D eigenvalue weighted by Gasteiger charge is 2.17. The first-order chi connectivity index (χ1) is 17.9. The molecule has 0 saturated carbocycles. The van der Waals surface area contributed by atoms with Crippen molar-refractivity contribution in [2.45, 2.75) is 25.5 Å². The number of nitrogens with one attached hydrogen (secondary N) is 2. The number of rotatable bonds is 9. The van der Waals surface area contributed by atoms with Gasteiger partial charge in [0.2, 0.25) is 5.91 Å². The number of methoxy groups -OCH3 is 1. The van der Waals surface area contributed by atoms with Crippen molar-refractivity contribution in [3.63, 3.8) is 0 Å². The molecule has 2 amide bonds. The fourth-order valence-corrected chi connectivity index (χ4v) is 4.60. The van der Waals surface area contributed by atoms with Crippen LogP contribution < -0.4 is 15.4 Å². The van der Waals surface area contributed by atoms with Crippen LogP contribution in [0.15, 0.2) is 76.4 Å². The SMILES string of the molecule is COc1ccc(C(=O)NCc2nnc(SCC(=O)Nc3cccc(C)c3C)n2-c2ccc(Br)cc2)cc1. The van der Waals surface area contributed by atoms with E-state index in [-0.39, 0.29) is 24.1 Å². The average Bonchev–Trinajstić information content (AvgIpc) is 3.32. The Labute approximate surface area is 228 Å². The minimum Gasteiger partial charge on any atom is -0.497 e. The van der Waals surface area contributed by atoms with E-state index in [1.165, 1.54) is 11.8 Å². The van der Waals surface area contributed by atoms with Crippen LogP contribution in [-0.4, -0.2) is 39.4 Å². The first kappa shape index (κ1) is 26.4.